The molecule has 1 unspecified atom stereocenters. The summed E-state index contributed by atoms with van der Waals surface area (Å²) in [6, 6.07) is 30.8. The molecule has 0 fully saturated rings. The van der Waals surface area contributed by atoms with E-state index < -0.39 is 0 Å². The molecule has 0 radical (unpaired) electrons. The van der Waals surface area contributed by atoms with Gasteiger partial charge < -0.3 is 4.90 Å². The highest BCUT2D eigenvalue weighted by molar-refractivity contribution is 9.11. The van der Waals surface area contributed by atoms with Crippen LogP contribution in [0.3, 0.4) is 0 Å². The lowest BCUT2D eigenvalue weighted by molar-refractivity contribution is 0.561. The molecule has 2 heteroatoms. The van der Waals surface area contributed by atoms with Gasteiger partial charge in [-0.3, -0.25) is 0 Å². The number of benzene rings is 3. The van der Waals surface area contributed by atoms with Gasteiger partial charge in [-0.15, -0.1) is 0 Å². The van der Waals surface area contributed by atoms with E-state index in [9.17, 15) is 0 Å². The highest BCUT2D eigenvalue weighted by Crippen LogP contribution is 2.48. The lowest BCUT2D eigenvalue weighted by Gasteiger charge is -2.43. The Kier molecular flexibility index (Phi) is 4.94. The van der Waals surface area contributed by atoms with Gasteiger partial charge in [0, 0.05) is 10.2 Å². The van der Waals surface area contributed by atoms with Crippen LogP contribution in [0.5, 0.6) is 0 Å². The molecule has 0 aromatic heterocycles. The van der Waals surface area contributed by atoms with Crippen LogP contribution in [0, 0.1) is 0 Å². The van der Waals surface area contributed by atoms with Crippen LogP contribution in [0.2, 0.25) is 0 Å². The highest BCUT2D eigenvalue weighted by atomic mass is 79.9. The van der Waals surface area contributed by atoms with Crippen LogP contribution >= 0.6 is 15.9 Å². The number of rotatable bonds is 4. The Morgan fingerprint density at radius 3 is 2.15 bits per heavy atom. The largest absolute Gasteiger partial charge is 0.352 e. The normalized spacial score (nSPS) is 17.4. The molecule has 0 saturated carbocycles. The second-order valence-electron chi connectivity index (χ2n) is 6.64. The maximum Gasteiger partial charge on any atom is 0.0867 e. The summed E-state index contributed by atoms with van der Waals surface area (Å²) in [6.07, 6.45) is 3.31. The van der Waals surface area contributed by atoms with Gasteiger partial charge in [0.15, 0.2) is 0 Å². The van der Waals surface area contributed by atoms with Gasteiger partial charge in [-0.05, 0) is 35.3 Å². The Hall–Kier alpha value is -2.32. The van der Waals surface area contributed by atoms with E-state index in [2.05, 4.69) is 119 Å². The van der Waals surface area contributed by atoms with Crippen LogP contribution in [-0.4, -0.2) is 0 Å². The predicted molar refractivity (Wildman–Crippen MR) is 114 cm³/mol. The first kappa shape index (κ1) is 17.1. The van der Waals surface area contributed by atoms with Crippen LogP contribution in [-0.2, 0) is 0 Å². The van der Waals surface area contributed by atoms with E-state index in [4.69, 9.17) is 0 Å². The van der Waals surface area contributed by atoms with Crippen molar-refractivity contribution < 1.29 is 0 Å². The zero-order valence-electron chi connectivity index (χ0n) is 14.8. The third-order valence-corrected chi connectivity index (χ3v) is 5.73. The molecule has 2 atom stereocenters. The van der Waals surface area contributed by atoms with Gasteiger partial charge >= 0.3 is 0 Å². The van der Waals surface area contributed by atoms with Gasteiger partial charge in [0.25, 0.3) is 0 Å². The van der Waals surface area contributed by atoms with Crippen molar-refractivity contribution >= 4 is 27.7 Å². The summed E-state index contributed by atoms with van der Waals surface area (Å²) in [5.41, 5.74) is 5.22. The number of fused-ring (bicyclic) bond motifs is 1. The quantitative estimate of drug-likeness (QED) is 0.447. The van der Waals surface area contributed by atoms with Crippen molar-refractivity contribution in [2.24, 2.45) is 0 Å². The molecule has 0 saturated heterocycles. The van der Waals surface area contributed by atoms with Crippen molar-refractivity contribution in [3.8, 4) is 0 Å². The van der Waals surface area contributed by atoms with E-state index >= 15 is 0 Å². The van der Waals surface area contributed by atoms with E-state index in [-0.39, 0.29) is 6.04 Å². The van der Waals surface area contributed by atoms with Gasteiger partial charge in [0.05, 0.1) is 12.1 Å². The Balaban J connectivity index is 1.90. The Morgan fingerprint density at radius 1 is 0.846 bits per heavy atom. The molecule has 130 valence electrons. The molecule has 0 bridgehead atoms. The number of halogens is 1. The molecule has 1 heterocycles. The lowest BCUT2D eigenvalue weighted by Crippen LogP contribution is -2.35. The molecule has 1 aliphatic heterocycles. The Labute approximate surface area is 164 Å². The standard InChI is InChI=1S/C24H22BrN/c1-2-22(18-11-5-3-6-12-18)26-23-16-10-9-15-20(23)17-21(25)24(26)19-13-7-4-8-14-19/h3-17,22,24H,2H2,1H3/t22?,24-/m0/s1. The number of hydrogen-bond acceptors (Lipinski definition) is 1. The first-order valence-electron chi connectivity index (χ1n) is 9.14. The fourth-order valence-electron chi connectivity index (χ4n) is 3.92. The van der Waals surface area contributed by atoms with E-state index in [0.717, 1.165) is 6.42 Å². The van der Waals surface area contributed by atoms with Gasteiger partial charge in [0.2, 0.25) is 0 Å². The monoisotopic (exact) mass is 403 g/mol. The minimum Gasteiger partial charge on any atom is -0.352 e. The second kappa shape index (κ2) is 7.51. The topological polar surface area (TPSA) is 3.24 Å². The SMILES string of the molecule is CCC(c1ccccc1)N1c2ccccc2C=C(Br)[C@@H]1c1ccccc1. The molecule has 0 spiro atoms. The third kappa shape index (κ3) is 3.10. The van der Waals surface area contributed by atoms with Crippen LogP contribution in [0.15, 0.2) is 89.4 Å². The molecule has 1 nitrogen and oxygen atoms in total. The second-order valence-corrected chi connectivity index (χ2v) is 7.56. The number of hydrogen-bond donors (Lipinski definition) is 0. The Bertz CT molecular complexity index is 902. The zero-order valence-corrected chi connectivity index (χ0v) is 16.4. The molecule has 3 aromatic carbocycles. The van der Waals surface area contributed by atoms with Crippen LogP contribution < -0.4 is 4.90 Å². The fourth-order valence-corrected chi connectivity index (χ4v) is 4.65. The van der Waals surface area contributed by atoms with Gasteiger partial charge in [-0.2, -0.15) is 0 Å². The van der Waals surface area contributed by atoms with Gasteiger partial charge in [-0.1, -0.05) is 102 Å². The molecular formula is C24H22BrN. The van der Waals surface area contributed by atoms with Crippen molar-refractivity contribution in [1.29, 1.82) is 0 Å². The molecule has 4 rings (SSSR count). The first-order chi connectivity index (χ1) is 12.8. The van der Waals surface area contributed by atoms with Gasteiger partial charge in [-0.25, -0.2) is 0 Å². The molecule has 0 amide bonds. The summed E-state index contributed by atoms with van der Waals surface area (Å²) in [7, 11) is 0. The minimum absolute atomic E-state index is 0.177. The van der Waals surface area contributed by atoms with Crippen molar-refractivity contribution in [3.05, 3.63) is 106 Å². The average Bonchev–Trinajstić information content (AvgIpc) is 2.70. The first-order valence-corrected chi connectivity index (χ1v) is 9.93. The maximum absolute atomic E-state index is 3.89. The average molecular weight is 404 g/mol. The fraction of sp³-hybridized carbons (Fsp3) is 0.167. The summed E-state index contributed by atoms with van der Waals surface area (Å²) in [4.78, 5) is 2.57. The highest BCUT2D eigenvalue weighted by Gasteiger charge is 2.33. The van der Waals surface area contributed by atoms with E-state index in [1.54, 1.807) is 0 Å². The Morgan fingerprint density at radius 2 is 1.46 bits per heavy atom. The van der Waals surface area contributed by atoms with Gasteiger partial charge in [0.1, 0.15) is 0 Å². The predicted octanol–water partition coefficient (Wildman–Crippen LogP) is 7.14. The number of anilines is 1. The van der Waals surface area contributed by atoms with E-state index in [1.165, 1.54) is 26.9 Å². The molecule has 0 N–H and O–H groups in total. The summed E-state index contributed by atoms with van der Waals surface area (Å²) in [5.74, 6) is 0. The summed E-state index contributed by atoms with van der Waals surface area (Å²) >= 11 is 3.89. The summed E-state index contributed by atoms with van der Waals surface area (Å²) in [5, 5.41) is 0. The van der Waals surface area contributed by atoms with Crippen LogP contribution in [0.25, 0.3) is 6.08 Å². The molecular weight excluding hydrogens is 382 g/mol. The van der Waals surface area contributed by atoms with Crippen LogP contribution in [0.4, 0.5) is 5.69 Å². The van der Waals surface area contributed by atoms with E-state index in [0.29, 0.717) is 6.04 Å². The third-order valence-electron chi connectivity index (χ3n) is 5.07. The molecule has 26 heavy (non-hydrogen) atoms. The molecule has 3 aromatic rings. The molecule has 1 aliphatic rings. The smallest absolute Gasteiger partial charge is 0.0867 e. The zero-order chi connectivity index (χ0) is 17.9. The lowest BCUT2D eigenvalue weighted by atomic mass is 9.92. The van der Waals surface area contributed by atoms with Crippen molar-refractivity contribution in [2.75, 3.05) is 4.90 Å². The summed E-state index contributed by atoms with van der Waals surface area (Å²) < 4.78 is 1.21. The van der Waals surface area contributed by atoms with Crippen LogP contribution in [0.1, 0.15) is 42.1 Å². The van der Waals surface area contributed by atoms with E-state index in [1.807, 2.05) is 0 Å². The van der Waals surface area contributed by atoms with Crippen molar-refractivity contribution in [2.45, 2.75) is 25.4 Å². The van der Waals surface area contributed by atoms with Crippen molar-refractivity contribution in [3.63, 3.8) is 0 Å². The molecule has 0 aliphatic carbocycles. The van der Waals surface area contributed by atoms with Crippen molar-refractivity contribution in [1.82, 2.24) is 0 Å². The maximum atomic E-state index is 3.89. The number of para-hydroxylation sites is 1. The minimum atomic E-state index is 0.177. The number of nitrogens with zero attached hydrogens (tertiary/aromatic N) is 1. The summed E-state index contributed by atoms with van der Waals surface area (Å²) in [6.45, 7) is 2.27.